The average molecular weight is 627 g/mol. The van der Waals surface area contributed by atoms with E-state index in [1.54, 1.807) is 10.9 Å². The van der Waals surface area contributed by atoms with Gasteiger partial charge >= 0.3 is 0 Å². The molecule has 0 saturated heterocycles. The summed E-state index contributed by atoms with van der Waals surface area (Å²) in [5.74, 6) is 0.907. The van der Waals surface area contributed by atoms with Gasteiger partial charge in [0.15, 0.2) is 0 Å². The average Bonchev–Trinajstić information content (AvgIpc) is 3.37. The molecule has 10 heteroatoms. The fraction of sp³-hybridized carbons (Fsp3) is 0.417. The highest BCUT2D eigenvalue weighted by Crippen LogP contribution is 2.27. The molecule has 1 amide bonds. The minimum Gasteiger partial charge on any atom is -0.313 e. The van der Waals surface area contributed by atoms with Gasteiger partial charge in [0.1, 0.15) is 12.5 Å². The normalized spacial score (nSPS) is 15.0. The smallest absolute Gasteiger partial charge is 0.212 e. The second kappa shape index (κ2) is 16.7. The number of nitrogens with zero attached hydrogens (tertiary/aromatic N) is 7. The van der Waals surface area contributed by atoms with Gasteiger partial charge < -0.3 is 5.32 Å². The van der Waals surface area contributed by atoms with Gasteiger partial charge in [-0.3, -0.25) is 24.7 Å². The van der Waals surface area contributed by atoms with Crippen LogP contribution in [0.5, 0.6) is 0 Å². The summed E-state index contributed by atoms with van der Waals surface area (Å²) in [6.45, 7) is 14.6. The molecule has 0 fully saturated rings. The number of halogens is 1. The topological polar surface area (TPSA) is 91.0 Å². The lowest BCUT2D eigenvalue weighted by Crippen LogP contribution is -2.30. The van der Waals surface area contributed by atoms with E-state index < -0.39 is 6.67 Å². The number of pyridine rings is 1. The van der Waals surface area contributed by atoms with E-state index in [0.29, 0.717) is 17.9 Å². The second-order valence-electron chi connectivity index (χ2n) is 11.9. The largest absolute Gasteiger partial charge is 0.313 e. The summed E-state index contributed by atoms with van der Waals surface area (Å²) in [5.41, 5.74) is 7.65. The molecule has 2 aliphatic heterocycles. The molecule has 0 spiro atoms. The van der Waals surface area contributed by atoms with Gasteiger partial charge in [0.25, 0.3) is 0 Å². The molecule has 0 saturated carbocycles. The highest BCUT2D eigenvalue weighted by atomic mass is 19.1. The molecule has 1 aromatic carbocycles. The molecule has 2 aromatic heterocycles. The molecule has 5 rings (SSSR count). The van der Waals surface area contributed by atoms with Gasteiger partial charge in [-0.05, 0) is 95.5 Å². The number of alkyl halides is 1. The Kier molecular flexibility index (Phi) is 12.5. The van der Waals surface area contributed by atoms with Gasteiger partial charge in [-0.1, -0.05) is 37.6 Å². The number of hydrazone groups is 1. The molecule has 2 bridgehead atoms. The lowest BCUT2D eigenvalue weighted by atomic mass is 10.0. The van der Waals surface area contributed by atoms with E-state index in [1.807, 2.05) is 86.7 Å². The first-order chi connectivity index (χ1) is 22.2. The first kappa shape index (κ1) is 34.4. The number of carbonyl (C=O) groups is 1. The lowest BCUT2D eigenvalue weighted by Gasteiger charge is -2.29. The summed E-state index contributed by atoms with van der Waals surface area (Å²) < 4.78 is 15.1. The first-order valence-electron chi connectivity index (χ1n) is 16.1. The predicted molar refractivity (Wildman–Crippen MR) is 185 cm³/mol. The third-order valence-electron chi connectivity index (χ3n) is 8.38. The van der Waals surface area contributed by atoms with Crippen molar-refractivity contribution < 1.29 is 9.18 Å². The third-order valence-corrected chi connectivity index (χ3v) is 8.38. The number of nitrogens with one attached hydrogen (secondary N) is 1. The zero-order chi connectivity index (χ0) is 33.1. The summed E-state index contributed by atoms with van der Waals surface area (Å²) in [6.07, 6.45) is 11.1. The van der Waals surface area contributed by atoms with Crippen LogP contribution in [-0.4, -0.2) is 63.1 Å². The number of carbonyl (C=O) groups excluding carboxylic acids is 1. The Balaban J connectivity index is 0.000000363. The molecule has 2 unspecified atom stereocenters. The van der Waals surface area contributed by atoms with Crippen molar-refractivity contribution in [3.63, 3.8) is 0 Å². The summed E-state index contributed by atoms with van der Waals surface area (Å²) in [5, 5.41) is 13.6. The molecule has 2 atom stereocenters. The van der Waals surface area contributed by atoms with Gasteiger partial charge in [0.05, 0.1) is 41.2 Å². The summed E-state index contributed by atoms with van der Waals surface area (Å²) in [4.78, 5) is 22.4. The summed E-state index contributed by atoms with van der Waals surface area (Å²) in [6, 6.07) is 14.1. The van der Waals surface area contributed by atoms with Crippen molar-refractivity contribution in [3.8, 4) is 5.69 Å². The Hall–Kier alpha value is -4.44. The van der Waals surface area contributed by atoms with E-state index in [4.69, 9.17) is 5.10 Å². The quantitative estimate of drug-likeness (QED) is 0.199. The van der Waals surface area contributed by atoms with Crippen LogP contribution in [0.15, 0.2) is 76.1 Å². The van der Waals surface area contributed by atoms with E-state index in [2.05, 4.69) is 46.1 Å². The van der Waals surface area contributed by atoms with Gasteiger partial charge in [0, 0.05) is 30.4 Å². The fourth-order valence-electron chi connectivity index (χ4n) is 5.42. The van der Waals surface area contributed by atoms with Crippen molar-refractivity contribution in [2.24, 2.45) is 10.1 Å². The Labute approximate surface area is 272 Å². The number of amides is 1. The molecule has 0 aliphatic carbocycles. The Morgan fingerprint density at radius 2 is 1.85 bits per heavy atom. The maximum atomic E-state index is 13.3. The van der Waals surface area contributed by atoms with Crippen LogP contribution in [0.25, 0.3) is 5.69 Å². The maximum absolute atomic E-state index is 13.3. The number of aryl methyl sites for hydroxylation is 2. The Morgan fingerprint density at radius 1 is 1.07 bits per heavy atom. The lowest BCUT2D eigenvalue weighted by molar-refractivity contribution is -0.105. The van der Waals surface area contributed by atoms with Crippen LogP contribution in [0.3, 0.4) is 0 Å². The number of allylic oxidation sites excluding steroid dienone is 2. The maximum Gasteiger partial charge on any atom is 0.212 e. The summed E-state index contributed by atoms with van der Waals surface area (Å²) in [7, 11) is 0. The van der Waals surface area contributed by atoms with Crippen LogP contribution >= 0.6 is 0 Å². The van der Waals surface area contributed by atoms with Crippen LogP contribution < -0.4 is 5.32 Å². The van der Waals surface area contributed by atoms with E-state index in [1.165, 1.54) is 5.56 Å². The Morgan fingerprint density at radius 3 is 2.57 bits per heavy atom. The predicted octanol–water partition coefficient (Wildman–Crippen LogP) is 7.44. The van der Waals surface area contributed by atoms with Crippen LogP contribution in [0.1, 0.15) is 87.1 Å². The third kappa shape index (κ3) is 9.06. The van der Waals surface area contributed by atoms with E-state index in [-0.39, 0.29) is 12.0 Å². The number of aromatic nitrogens is 3. The van der Waals surface area contributed by atoms with Crippen molar-refractivity contribution in [1.82, 2.24) is 24.7 Å². The molecule has 3 aromatic rings. The van der Waals surface area contributed by atoms with Gasteiger partial charge in [0.2, 0.25) is 6.41 Å². The van der Waals surface area contributed by atoms with Crippen LogP contribution in [0.2, 0.25) is 0 Å². The molecule has 9 nitrogen and oxygen atoms in total. The van der Waals surface area contributed by atoms with Crippen LogP contribution in [0.4, 0.5) is 10.2 Å². The van der Waals surface area contributed by atoms with Crippen molar-refractivity contribution in [1.29, 1.82) is 0 Å². The zero-order valence-corrected chi connectivity index (χ0v) is 27.9. The highest BCUT2D eigenvalue weighted by molar-refractivity contribution is 5.82. The molecular weight excluding hydrogens is 579 g/mol. The SMILES string of the molecule is CC1=C2CN(C=CC=N2)N=C1.CCCN(CCCC(C)c1cc(NC=O)n(-c2ccc(C)cc2)n1)C(C)c1ccc(C)c(CF)n1. The van der Waals surface area contributed by atoms with E-state index in [0.717, 1.165) is 72.8 Å². The molecule has 2 aliphatic rings. The molecule has 1 N–H and O–H groups in total. The zero-order valence-electron chi connectivity index (χ0n) is 27.9. The number of anilines is 1. The standard InChI is InChI=1S/C28H38FN5O.C8H9N3/c1-6-15-33(23(5)25-14-11-22(4)27(18-29)31-25)16-7-8-21(3)26-17-28(30-19-35)34(32-26)24-12-9-20(2)10-13-24;1-7-5-10-11-4-2-3-9-8(7)6-11/h9-14,17,19,21,23H,6-8,15-16,18H2,1-5H3,(H,30,35);2-5H,6H2,1H3. The van der Waals surface area contributed by atoms with E-state index >= 15 is 0 Å². The van der Waals surface area contributed by atoms with Crippen molar-refractivity contribution in [2.75, 3.05) is 25.0 Å². The first-order valence-corrected chi connectivity index (χ1v) is 16.1. The minimum atomic E-state index is -0.534. The molecular formula is C36H47FN8O. The Bertz CT molecular complexity index is 1570. The highest BCUT2D eigenvalue weighted by Gasteiger charge is 2.19. The number of hydrogen-bond donors (Lipinski definition) is 1. The minimum absolute atomic E-state index is 0.125. The van der Waals surface area contributed by atoms with Crippen LogP contribution in [-0.2, 0) is 11.5 Å². The number of rotatable bonds is 13. The van der Waals surface area contributed by atoms with Gasteiger partial charge in [-0.25, -0.2) is 9.07 Å². The number of aliphatic imine (C=N–C) groups is 1. The number of fused-ring (bicyclic) bond motifs is 2. The van der Waals surface area contributed by atoms with Crippen molar-refractivity contribution in [2.45, 2.75) is 79.4 Å². The molecule has 4 heterocycles. The molecule has 244 valence electrons. The van der Waals surface area contributed by atoms with E-state index in [9.17, 15) is 9.18 Å². The monoisotopic (exact) mass is 626 g/mol. The molecule has 0 radical (unpaired) electrons. The van der Waals surface area contributed by atoms with Crippen molar-refractivity contribution in [3.05, 3.63) is 94.2 Å². The summed E-state index contributed by atoms with van der Waals surface area (Å²) >= 11 is 0. The molecule has 46 heavy (non-hydrogen) atoms. The van der Waals surface area contributed by atoms with Gasteiger partial charge in [-0.15, -0.1) is 0 Å². The fourth-order valence-corrected chi connectivity index (χ4v) is 5.42. The van der Waals surface area contributed by atoms with Gasteiger partial charge in [-0.2, -0.15) is 10.2 Å². The van der Waals surface area contributed by atoms with Crippen molar-refractivity contribution >= 4 is 24.7 Å². The van der Waals surface area contributed by atoms with Crippen LogP contribution in [0, 0.1) is 13.8 Å². The number of benzene rings is 1. The second-order valence-corrected chi connectivity index (χ2v) is 11.9. The number of hydrogen-bond acceptors (Lipinski definition) is 7.